The lowest BCUT2D eigenvalue weighted by molar-refractivity contribution is -0.385. The van der Waals surface area contributed by atoms with Crippen LogP contribution >= 0.6 is 0 Å². The van der Waals surface area contributed by atoms with Crippen LogP contribution in [0.15, 0.2) is 17.1 Å². The maximum atomic E-state index is 11.2. The molecule has 1 aromatic rings. The number of aromatic hydroxyl groups is 1. The molecule has 0 aromatic heterocycles. The number of phenolic OH excluding ortho intramolecular Hbond substituents is 1. The summed E-state index contributed by atoms with van der Waals surface area (Å²) in [4.78, 5) is 15.3. The predicted molar refractivity (Wildman–Crippen MR) is 89.2 cm³/mol. The molecule has 0 radical (unpaired) electrons. The minimum absolute atomic E-state index is 0.00332. The highest BCUT2D eigenvalue weighted by Gasteiger charge is 2.33. The standard InChI is InChI=1S/C17H24N2O4/c1-16(2,3)12-8-10(19(21)22)7-11(14(12)20)15-18-13(9-23-15)17(4,5)6/h7-8,13,20H,9H2,1-6H3. The summed E-state index contributed by atoms with van der Waals surface area (Å²) in [5, 5.41) is 21.8. The lowest BCUT2D eigenvalue weighted by atomic mass is 9.84. The van der Waals surface area contributed by atoms with Gasteiger partial charge in [0.15, 0.2) is 0 Å². The second-order valence-electron chi connectivity index (χ2n) is 8.02. The number of rotatable bonds is 2. The number of benzene rings is 1. The minimum Gasteiger partial charge on any atom is -0.507 e. The van der Waals surface area contributed by atoms with Crippen molar-refractivity contribution >= 4 is 11.6 Å². The Hall–Kier alpha value is -2.11. The molecule has 1 unspecified atom stereocenters. The van der Waals surface area contributed by atoms with Crippen molar-refractivity contribution in [1.29, 1.82) is 0 Å². The Balaban J connectivity index is 2.59. The molecule has 0 spiro atoms. The molecule has 6 nitrogen and oxygen atoms in total. The van der Waals surface area contributed by atoms with Crippen molar-refractivity contribution in [3.63, 3.8) is 0 Å². The Kier molecular flexibility index (Phi) is 4.13. The van der Waals surface area contributed by atoms with Crippen LogP contribution in [0, 0.1) is 15.5 Å². The average Bonchev–Trinajstić information content (AvgIpc) is 2.86. The summed E-state index contributed by atoms with van der Waals surface area (Å²) in [6.45, 7) is 12.3. The monoisotopic (exact) mass is 320 g/mol. The molecule has 23 heavy (non-hydrogen) atoms. The van der Waals surface area contributed by atoms with Gasteiger partial charge < -0.3 is 9.84 Å². The Morgan fingerprint density at radius 1 is 1.26 bits per heavy atom. The number of nitro groups is 1. The molecular formula is C17H24N2O4. The molecule has 1 aromatic carbocycles. The second-order valence-corrected chi connectivity index (χ2v) is 8.02. The fourth-order valence-corrected chi connectivity index (χ4v) is 2.42. The zero-order valence-corrected chi connectivity index (χ0v) is 14.5. The lowest BCUT2D eigenvalue weighted by Crippen LogP contribution is -2.25. The maximum Gasteiger partial charge on any atom is 0.270 e. The molecule has 2 rings (SSSR count). The Bertz CT molecular complexity index is 666. The van der Waals surface area contributed by atoms with Gasteiger partial charge in [0.05, 0.1) is 16.5 Å². The molecule has 1 N–H and O–H groups in total. The van der Waals surface area contributed by atoms with E-state index in [1.807, 2.05) is 20.8 Å². The van der Waals surface area contributed by atoms with E-state index in [1.165, 1.54) is 12.1 Å². The van der Waals surface area contributed by atoms with Crippen LogP contribution in [0.25, 0.3) is 0 Å². The molecule has 1 aliphatic rings. The average molecular weight is 320 g/mol. The van der Waals surface area contributed by atoms with E-state index in [1.54, 1.807) is 0 Å². The molecule has 126 valence electrons. The van der Waals surface area contributed by atoms with E-state index in [-0.39, 0.29) is 34.4 Å². The van der Waals surface area contributed by atoms with Crippen LogP contribution < -0.4 is 0 Å². The lowest BCUT2D eigenvalue weighted by Gasteiger charge is -2.22. The summed E-state index contributed by atoms with van der Waals surface area (Å²) in [5.74, 6) is 0.271. The highest BCUT2D eigenvalue weighted by atomic mass is 16.6. The minimum atomic E-state index is -0.463. The van der Waals surface area contributed by atoms with Gasteiger partial charge in [0.2, 0.25) is 5.90 Å². The van der Waals surface area contributed by atoms with Gasteiger partial charge in [0.1, 0.15) is 12.4 Å². The number of non-ortho nitro benzene ring substituents is 1. The van der Waals surface area contributed by atoms with Crippen molar-refractivity contribution in [3.05, 3.63) is 33.4 Å². The summed E-state index contributed by atoms with van der Waals surface area (Å²) in [7, 11) is 0. The number of phenols is 1. The van der Waals surface area contributed by atoms with E-state index < -0.39 is 10.3 Å². The SMILES string of the molecule is CC(C)(C)c1cc([N+](=O)[O-])cc(C2=NC(C(C)(C)C)CO2)c1O. The van der Waals surface area contributed by atoms with Gasteiger partial charge in [-0.15, -0.1) is 0 Å². The van der Waals surface area contributed by atoms with Gasteiger partial charge in [-0.3, -0.25) is 10.1 Å². The third-order valence-electron chi connectivity index (χ3n) is 3.99. The maximum absolute atomic E-state index is 11.2. The summed E-state index contributed by atoms with van der Waals surface area (Å²) in [6.07, 6.45) is 0. The largest absolute Gasteiger partial charge is 0.507 e. The molecule has 1 atom stereocenters. The van der Waals surface area contributed by atoms with Gasteiger partial charge in [-0.1, -0.05) is 41.5 Å². The van der Waals surface area contributed by atoms with Crippen LogP contribution in [0.2, 0.25) is 0 Å². The first-order chi connectivity index (χ1) is 10.4. The number of aliphatic imine (C=N–C) groups is 1. The Morgan fingerprint density at radius 3 is 2.30 bits per heavy atom. The van der Waals surface area contributed by atoms with Crippen LogP contribution in [-0.4, -0.2) is 28.6 Å². The first kappa shape index (κ1) is 17.2. The van der Waals surface area contributed by atoms with Crippen molar-refractivity contribution in [3.8, 4) is 5.75 Å². The van der Waals surface area contributed by atoms with Crippen LogP contribution in [0.5, 0.6) is 5.75 Å². The molecule has 0 saturated heterocycles. The van der Waals surface area contributed by atoms with Crippen LogP contribution in [0.3, 0.4) is 0 Å². The molecule has 1 heterocycles. The van der Waals surface area contributed by atoms with Crippen LogP contribution in [-0.2, 0) is 10.2 Å². The third kappa shape index (κ3) is 3.46. The number of hydrogen-bond acceptors (Lipinski definition) is 5. The summed E-state index contributed by atoms with van der Waals surface area (Å²) in [5.41, 5.74) is 0.203. The number of ether oxygens (including phenoxy) is 1. The molecule has 0 saturated carbocycles. The van der Waals surface area contributed by atoms with Crippen molar-refractivity contribution < 1.29 is 14.8 Å². The topological polar surface area (TPSA) is 85.0 Å². The van der Waals surface area contributed by atoms with Crippen molar-refractivity contribution in [2.24, 2.45) is 10.4 Å². The van der Waals surface area contributed by atoms with Gasteiger partial charge in [-0.05, 0) is 10.8 Å². The smallest absolute Gasteiger partial charge is 0.270 e. The first-order valence-electron chi connectivity index (χ1n) is 7.64. The quantitative estimate of drug-likeness (QED) is 0.663. The molecule has 0 bridgehead atoms. The third-order valence-corrected chi connectivity index (χ3v) is 3.99. The van der Waals surface area contributed by atoms with Crippen LogP contribution in [0.4, 0.5) is 5.69 Å². The van der Waals surface area contributed by atoms with Gasteiger partial charge in [-0.25, -0.2) is 4.99 Å². The highest BCUT2D eigenvalue weighted by Crippen LogP contribution is 2.38. The summed E-state index contributed by atoms with van der Waals surface area (Å²) in [6, 6.07) is 2.69. The van der Waals surface area contributed by atoms with E-state index >= 15 is 0 Å². The van der Waals surface area contributed by atoms with E-state index in [9.17, 15) is 15.2 Å². The molecule has 1 aliphatic heterocycles. The molecule has 0 fully saturated rings. The fraction of sp³-hybridized carbons (Fsp3) is 0.588. The van der Waals surface area contributed by atoms with E-state index in [4.69, 9.17) is 4.74 Å². The molecular weight excluding hydrogens is 296 g/mol. The van der Waals surface area contributed by atoms with Crippen molar-refractivity contribution in [1.82, 2.24) is 0 Å². The van der Waals surface area contributed by atoms with E-state index in [2.05, 4.69) is 25.8 Å². The molecule has 0 aliphatic carbocycles. The zero-order chi connectivity index (χ0) is 17.6. The number of nitro benzene ring substituents is 1. The molecule has 0 amide bonds. The van der Waals surface area contributed by atoms with Gasteiger partial charge in [0.25, 0.3) is 5.69 Å². The van der Waals surface area contributed by atoms with Gasteiger partial charge >= 0.3 is 0 Å². The predicted octanol–water partition coefficient (Wildman–Crippen LogP) is 3.79. The second kappa shape index (κ2) is 5.51. The fourth-order valence-electron chi connectivity index (χ4n) is 2.42. The van der Waals surface area contributed by atoms with Crippen molar-refractivity contribution in [2.45, 2.75) is 53.0 Å². The van der Waals surface area contributed by atoms with E-state index in [0.29, 0.717) is 12.2 Å². The summed E-state index contributed by atoms with van der Waals surface area (Å²) < 4.78 is 5.63. The van der Waals surface area contributed by atoms with Crippen LogP contribution in [0.1, 0.15) is 52.7 Å². The zero-order valence-electron chi connectivity index (χ0n) is 14.5. The molecule has 6 heteroatoms. The van der Waals surface area contributed by atoms with Gasteiger partial charge in [0, 0.05) is 17.7 Å². The number of nitrogens with zero attached hydrogens (tertiary/aromatic N) is 2. The van der Waals surface area contributed by atoms with E-state index in [0.717, 1.165) is 0 Å². The summed E-state index contributed by atoms with van der Waals surface area (Å²) >= 11 is 0. The Labute approximate surface area is 136 Å². The Morgan fingerprint density at radius 2 is 1.87 bits per heavy atom. The first-order valence-corrected chi connectivity index (χ1v) is 7.64. The highest BCUT2D eigenvalue weighted by molar-refractivity contribution is 5.99. The normalized spacial score (nSPS) is 18.5. The number of hydrogen-bond donors (Lipinski definition) is 1. The van der Waals surface area contributed by atoms with Crippen molar-refractivity contribution in [2.75, 3.05) is 6.61 Å². The van der Waals surface area contributed by atoms with Gasteiger partial charge in [-0.2, -0.15) is 0 Å².